The Morgan fingerprint density at radius 1 is 0.884 bits per heavy atom. The summed E-state index contributed by atoms with van der Waals surface area (Å²) in [6, 6.07) is 12.8. The van der Waals surface area contributed by atoms with Gasteiger partial charge in [-0.25, -0.2) is 13.2 Å². The van der Waals surface area contributed by atoms with E-state index in [-0.39, 0.29) is 47.7 Å². The number of ether oxygens (including phenoxy) is 1. The summed E-state index contributed by atoms with van der Waals surface area (Å²) in [6.45, 7) is -0.165. The first kappa shape index (κ1) is 30.6. The molecule has 0 aliphatic rings. The third-order valence-corrected chi connectivity index (χ3v) is 5.81. The van der Waals surface area contributed by atoms with Crippen LogP contribution in [-0.2, 0) is 11.3 Å². The van der Waals surface area contributed by atoms with E-state index >= 15 is 0 Å². The molecule has 4 aromatic rings. The number of aromatic nitrogens is 2. The van der Waals surface area contributed by atoms with E-state index in [1.165, 1.54) is 35.0 Å². The summed E-state index contributed by atoms with van der Waals surface area (Å²) in [5.41, 5.74) is 0.439. The van der Waals surface area contributed by atoms with Crippen molar-refractivity contribution < 1.29 is 50.6 Å². The molecule has 0 atom stereocenters. The van der Waals surface area contributed by atoms with Crippen LogP contribution < -0.4 is 15.4 Å². The van der Waals surface area contributed by atoms with Crippen LogP contribution in [0.1, 0.15) is 32.8 Å². The van der Waals surface area contributed by atoms with Crippen LogP contribution in [0.5, 0.6) is 5.75 Å². The van der Waals surface area contributed by atoms with Crippen molar-refractivity contribution in [3.05, 3.63) is 101 Å². The van der Waals surface area contributed by atoms with Crippen molar-refractivity contribution in [3.8, 4) is 17.0 Å². The van der Waals surface area contributed by atoms with E-state index in [4.69, 9.17) is 5.11 Å². The summed E-state index contributed by atoms with van der Waals surface area (Å²) >= 11 is 0. The van der Waals surface area contributed by atoms with Crippen LogP contribution >= 0.6 is 0 Å². The van der Waals surface area contributed by atoms with Gasteiger partial charge in [0.2, 0.25) is 0 Å². The van der Waals surface area contributed by atoms with E-state index < -0.39 is 47.3 Å². The van der Waals surface area contributed by atoms with Crippen LogP contribution in [0.3, 0.4) is 0 Å². The summed E-state index contributed by atoms with van der Waals surface area (Å²) in [5, 5.41) is 17.9. The number of rotatable bonds is 10. The minimum atomic E-state index is -4.91. The van der Waals surface area contributed by atoms with E-state index in [1.54, 1.807) is 0 Å². The average molecular weight is 606 g/mol. The highest BCUT2D eigenvalue weighted by molar-refractivity contribution is 6.03. The number of anilines is 1. The zero-order valence-corrected chi connectivity index (χ0v) is 21.7. The average Bonchev–Trinajstić information content (AvgIpc) is 3.36. The standard InChI is InChI=1S/C28H20F6N4O5/c29-20-11-17(12-21(30)25(20)31)22-13-23(27(42)36-18-5-7-19(8-6-18)43-28(32,33)34)38(37-22)14-15-1-3-16(4-2-15)26(41)35-10-9-24(39)40/h1-8,11-13H,9-10,14H2,(H,35,41)(H,36,42)(H,39,40). The topological polar surface area (TPSA) is 123 Å². The van der Waals surface area contributed by atoms with Crippen molar-refractivity contribution in [1.29, 1.82) is 0 Å². The molecule has 0 bridgehead atoms. The number of carboxylic acids is 1. The summed E-state index contributed by atoms with van der Waals surface area (Å²) in [4.78, 5) is 36.0. The number of nitrogens with one attached hydrogen (secondary N) is 2. The second-order valence-electron chi connectivity index (χ2n) is 8.95. The van der Waals surface area contributed by atoms with Gasteiger partial charge in [0, 0.05) is 23.4 Å². The number of hydrogen-bond donors (Lipinski definition) is 3. The molecule has 0 saturated heterocycles. The van der Waals surface area contributed by atoms with Crippen LogP contribution in [-0.4, -0.2) is 45.6 Å². The highest BCUT2D eigenvalue weighted by atomic mass is 19.4. The zero-order chi connectivity index (χ0) is 31.3. The molecule has 0 unspecified atom stereocenters. The van der Waals surface area contributed by atoms with Gasteiger partial charge < -0.3 is 20.5 Å². The van der Waals surface area contributed by atoms with Gasteiger partial charge in [-0.3, -0.25) is 19.1 Å². The maximum Gasteiger partial charge on any atom is 0.573 e. The number of carbonyl (C=O) groups is 3. The van der Waals surface area contributed by atoms with Crippen LogP contribution in [0.15, 0.2) is 66.7 Å². The maximum atomic E-state index is 13.9. The largest absolute Gasteiger partial charge is 0.573 e. The molecule has 224 valence electrons. The fourth-order valence-electron chi connectivity index (χ4n) is 3.82. The van der Waals surface area contributed by atoms with E-state index in [0.29, 0.717) is 17.7 Å². The first-order chi connectivity index (χ1) is 20.3. The van der Waals surface area contributed by atoms with Crippen molar-refractivity contribution in [3.63, 3.8) is 0 Å². The fraction of sp³-hybridized carbons (Fsp3) is 0.143. The number of nitrogens with zero attached hydrogens (tertiary/aromatic N) is 2. The van der Waals surface area contributed by atoms with E-state index in [9.17, 15) is 40.7 Å². The van der Waals surface area contributed by atoms with Crippen molar-refractivity contribution in [2.24, 2.45) is 0 Å². The first-order valence-corrected chi connectivity index (χ1v) is 12.3. The highest BCUT2D eigenvalue weighted by Gasteiger charge is 2.31. The van der Waals surface area contributed by atoms with E-state index in [1.807, 2.05) is 0 Å². The Bertz CT molecular complexity index is 1630. The maximum absolute atomic E-state index is 13.9. The molecule has 0 aliphatic carbocycles. The van der Waals surface area contributed by atoms with Crippen LogP contribution in [0.2, 0.25) is 0 Å². The van der Waals surface area contributed by atoms with Crippen molar-refractivity contribution >= 4 is 23.5 Å². The lowest BCUT2D eigenvalue weighted by molar-refractivity contribution is -0.274. The number of benzene rings is 3. The summed E-state index contributed by atoms with van der Waals surface area (Å²) in [7, 11) is 0. The van der Waals surface area contributed by atoms with Crippen molar-refractivity contribution in [2.75, 3.05) is 11.9 Å². The van der Waals surface area contributed by atoms with Gasteiger partial charge in [-0.15, -0.1) is 13.2 Å². The quantitative estimate of drug-likeness (QED) is 0.165. The summed E-state index contributed by atoms with van der Waals surface area (Å²) in [6.07, 6.45) is -5.17. The SMILES string of the molecule is O=C(O)CCNC(=O)c1ccc(Cn2nc(-c3cc(F)c(F)c(F)c3)cc2C(=O)Nc2ccc(OC(F)(F)F)cc2)cc1. The number of aliphatic carboxylic acids is 1. The third kappa shape index (κ3) is 8.12. The summed E-state index contributed by atoms with van der Waals surface area (Å²) in [5.74, 6) is -7.54. The molecule has 3 N–H and O–H groups in total. The number of alkyl halides is 3. The molecule has 2 amide bonds. The minimum absolute atomic E-state index is 0.0763. The number of amides is 2. The van der Waals surface area contributed by atoms with Crippen molar-refractivity contribution in [2.45, 2.75) is 19.3 Å². The predicted octanol–water partition coefficient (Wildman–Crippen LogP) is 5.37. The van der Waals surface area contributed by atoms with Gasteiger partial charge in [0.25, 0.3) is 11.8 Å². The Balaban J connectivity index is 1.59. The second-order valence-corrected chi connectivity index (χ2v) is 8.95. The molecular weight excluding hydrogens is 586 g/mol. The number of hydrogen-bond acceptors (Lipinski definition) is 5. The van der Waals surface area contributed by atoms with Gasteiger partial charge in [0.1, 0.15) is 11.4 Å². The fourth-order valence-corrected chi connectivity index (χ4v) is 3.82. The molecule has 0 radical (unpaired) electrons. The molecule has 4 rings (SSSR count). The lowest BCUT2D eigenvalue weighted by Gasteiger charge is -2.11. The zero-order valence-electron chi connectivity index (χ0n) is 21.7. The van der Waals surface area contributed by atoms with Gasteiger partial charge in [0.15, 0.2) is 17.5 Å². The van der Waals surface area contributed by atoms with E-state index in [0.717, 1.165) is 24.3 Å². The van der Waals surface area contributed by atoms with Gasteiger partial charge in [-0.2, -0.15) is 5.10 Å². The monoisotopic (exact) mass is 606 g/mol. The van der Waals surface area contributed by atoms with Crippen LogP contribution in [0.4, 0.5) is 32.0 Å². The molecule has 9 nitrogen and oxygen atoms in total. The second kappa shape index (κ2) is 12.7. The first-order valence-electron chi connectivity index (χ1n) is 12.3. The Morgan fingerprint density at radius 3 is 2.09 bits per heavy atom. The Labute approximate surface area is 238 Å². The molecular formula is C28H20F6N4O5. The third-order valence-electron chi connectivity index (χ3n) is 5.81. The van der Waals surface area contributed by atoms with Crippen LogP contribution in [0, 0.1) is 17.5 Å². The molecule has 0 fully saturated rings. The Hall–Kier alpha value is -5.34. The molecule has 0 aliphatic heterocycles. The molecule has 43 heavy (non-hydrogen) atoms. The van der Waals surface area contributed by atoms with Gasteiger partial charge in [0.05, 0.1) is 18.7 Å². The predicted molar refractivity (Wildman–Crippen MR) is 139 cm³/mol. The van der Waals surface area contributed by atoms with E-state index in [2.05, 4.69) is 20.5 Å². The lowest BCUT2D eigenvalue weighted by Crippen LogP contribution is -2.26. The molecule has 1 aromatic heterocycles. The molecule has 0 saturated carbocycles. The molecule has 3 aromatic carbocycles. The van der Waals surface area contributed by atoms with Gasteiger partial charge in [-0.1, -0.05) is 12.1 Å². The van der Waals surface area contributed by atoms with Crippen LogP contribution in [0.25, 0.3) is 11.3 Å². The highest BCUT2D eigenvalue weighted by Crippen LogP contribution is 2.26. The molecule has 15 heteroatoms. The minimum Gasteiger partial charge on any atom is -0.481 e. The lowest BCUT2D eigenvalue weighted by atomic mass is 10.1. The van der Waals surface area contributed by atoms with Crippen molar-refractivity contribution in [1.82, 2.24) is 15.1 Å². The number of halogens is 6. The van der Waals surface area contributed by atoms with Gasteiger partial charge in [-0.05, 0) is 60.2 Å². The number of carboxylic acid groups (broad SMARTS) is 1. The Morgan fingerprint density at radius 2 is 1.51 bits per heavy atom. The molecule has 0 spiro atoms. The summed E-state index contributed by atoms with van der Waals surface area (Å²) < 4.78 is 83.6. The number of carbonyl (C=O) groups excluding carboxylic acids is 2. The van der Waals surface area contributed by atoms with Gasteiger partial charge >= 0.3 is 12.3 Å². The normalized spacial score (nSPS) is 11.2. The smallest absolute Gasteiger partial charge is 0.481 e. The Kier molecular flexibility index (Phi) is 9.02. The molecule has 1 heterocycles.